The third-order valence-corrected chi connectivity index (χ3v) is 3.94. The second kappa shape index (κ2) is 7.02. The number of halogens is 1. The van der Waals surface area contributed by atoms with Gasteiger partial charge in [-0.25, -0.2) is 0 Å². The van der Waals surface area contributed by atoms with Crippen molar-refractivity contribution in [2.75, 3.05) is 32.7 Å². The number of piperazine rings is 1. The van der Waals surface area contributed by atoms with Gasteiger partial charge in [-0.15, -0.1) is 0 Å². The fourth-order valence-corrected chi connectivity index (χ4v) is 2.73. The van der Waals surface area contributed by atoms with Crippen LogP contribution in [0.5, 0.6) is 0 Å². The topological polar surface area (TPSA) is 49.6 Å². The summed E-state index contributed by atoms with van der Waals surface area (Å²) in [4.78, 5) is 15.2. The molecular weight excluding hydrogens is 278 g/mol. The van der Waals surface area contributed by atoms with Crippen molar-refractivity contribution in [3.63, 3.8) is 0 Å². The van der Waals surface area contributed by atoms with Crippen LogP contribution in [0.2, 0.25) is 5.02 Å². The Morgan fingerprint density at radius 3 is 2.50 bits per heavy atom. The molecule has 2 rings (SSSR count). The molecule has 0 radical (unpaired) electrons. The molecule has 0 saturated carbocycles. The molecule has 0 bridgehead atoms. The van der Waals surface area contributed by atoms with Crippen LogP contribution in [-0.4, -0.2) is 47.4 Å². The highest BCUT2D eigenvalue weighted by Gasteiger charge is 2.18. The Morgan fingerprint density at radius 1 is 1.25 bits per heavy atom. The Hall–Kier alpha value is -1.17. The summed E-state index contributed by atoms with van der Waals surface area (Å²) in [5.74, 6) is 0. The van der Waals surface area contributed by atoms with Gasteiger partial charge < -0.3 is 4.90 Å². The van der Waals surface area contributed by atoms with Crippen LogP contribution in [0.1, 0.15) is 18.9 Å². The molecule has 20 heavy (non-hydrogen) atoms. The van der Waals surface area contributed by atoms with E-state index in [4.69, 9.17) is 11.6 Å². The zero-order chi connectivity index (χ0) is 14.5. The lowest BCUT2D eigenvalue weighted by Gasteiger charge is -2.34. The zero-order valence-corrected chi connectivity index (χ0v) is 12.5. The summed E-state index contributed by atoms with van der Waals surface area (Å²) >= 11 is 5.83. The maximum atomic E-state index is 10.9. The largest absolute Gasteiger partial charge is 0.301 e. The van der Waals surface area contributed by atoms with E-state index in [-0.39, 0.29) is 10.7 Å². The minimum Gasteiger partial charge on any atom is -0.301 e. The van der Waals surface area contributed by atoms with Crippen molar-refractivity contribution in [2.45, 2.75) is 19.9 Å². The van der Waals surface area contributed by atoms with E-state index in [1.54, 1.807) is 12.1 Å². The van der Waals surface area contributed by atoms with E-state index in [2.05, 4.69) is 16.7 Å². The lowest BCUT2D eigenvalue weighted by molar-refractivity contribution is -0.384. The Morgan fingerprint density at radius 2 is 1.90 bits per heavy atom. The maximum Gasteiger partial charge on any atom is 0.288 e. The molecule has 1 aromatic rings. The summed E-state index contributed by atoms with van der Waals surface area (Å²) < 4.78 is 0. The number of benzene rings is 1. The van der Waals surface area contributed by atoms with Crippen LogP contribution in [0.4, 0.5) is 5.69 Å². The molecule has 110 valence electrons. The molecule has 6 heteroatoms. The Bertz CT molecular complexity index is 473. The van der Waals surface area contributed by atoms with Crippen LogP contribution in [0, 0.1) is 10.1 Å². The third kappa shape index (κ3) is 3.91. The molecule has 1 saturated heterocycles. The lowest BCUT2D eigenvalue weighted by atomic mass is 10.1. The Kier molecular flexibility index (Phi) is 5.34. The molecule has 0 aliphatic carbocycles. The normalized spacial score (nSPS) is 17.3. The molecule has 1 aliphatic heterocycles. The summed E-state index contributed by atoms with van der Waals surface area (Å²) in [6, 6.07) is 5.07. The SMILES string of the molecule is CCCN1CCN(Cc2ccc(Cl)c([N+](=O)[O-])c2)CC1. The van der Waals surface area contributed by atoms with E-state index in [1.165, 1.54) is 6.42 Å². The van der Waals surface area contributed by atoms with Gasteiger partial charge in [0.1, 0.15) is 5.02 Å². The van der Waals surface area contributed by atoms with Crippen LogP contribution in [0.15, 0.2) is 18.2 Å². The fourth-order valence-electron chi connectivity index (χ4n) is 2.54. The van der Waals surface area contributed by atoms with Gasteiger partial charge in [-0.3, -0.25) is 15.0 Å². The zero-order valence-electron chi connectivity index (χ0n) is 11.7. The van der Waals surface area contributed by atoms with E-state index < -0.39 is 4.92 Å². The molecule has 0 aromatic heterocycles. The quantitative estimate of drug-likeness (QED) is 0.619. The van der Waals surface area contributed by atoms with E-state index in [0.717, 1.165) is 44.8 Å². The van der Waals surface area contributed by atoms with Crippen molar-refractivity contribution in [1.82, 2.24) is 9.80 Å². The first-order chi connectivity index (χ1) is 9.60. The van der Waals surface area contributed by atoms with Crippen LogP contribution >= 0.6 is 11.6 Å². The van der Waals surface area contributed by atoms with Gasteiger partial charge in [0, 0.05) is 38.8 Å². The van der Waals surface area contributed by atoms with Gasteiger partial charge in [-0.2, -0.15) is 0 Å². The Balaban J connectivity index is 1.94. The van der Waals surface area contributed by atoms with Gasteiger partial charge in [0.15, 0.2) is 0 Å². The van der Waals surface area contributed by atoms with Crippen molar-refractivity contribution in [2.24, 2.45) is 0 Å². The van der Waals surface area contributed by atoms with Gasteiger partial charge in [0.25, 0.3) is 5.69 Å². The van der Waals surface area contributed by atoms with E-state index in [9.17, 15) is 10.1 Å². The number of hydrogen-bond acceptors (Lipinski definition) is 4. The van der Waals surface area contributed by atoms with Gasteiger partial charge in [0.05, 0.1) is 4.92 Å². The first-order valence-corrected chi connectivity index (χ1v) is 7.35. The molecule has 5 nitrogen and oxygen atoms in total. The van der Waals surface area contributed by atoms with Crippen molar-refractivity contribution in [3.8, 4) is 0 Å². The average molecular weight is 298 g/mol. The smallest absolute Gasteiger partial charge is 0.288 e. The number of rotatable bonds is 5. The molecule has 0 amide bonds. The minimum atomic E-state index is -0.426. The van der Waals surface area contributed by atoms with Crippen LogP contribution in [0.25, 0.3) is 0 Å². The minimum absolute atomic E-state index is 0.00575. The lowest BCUT2D eigenvalue weighted by Crippen LogP contribution is -2.45. The predicted molar refractivity (Wildman–Crippen MR) is 80.1 cm³/mol. The molecular formula is C14H20ClN3O2. The van der Waals surface area contributed by atoms with Crippen molar-refractivity contribution in [3.05, 3.63) is 38.9 Å². The van der Waals surface area contributed by atoms with Crippen LogP contribution in [0.3, 0.4) is 0 Å². The van der Waals surface area contributed by atoms with E-state index >= 15 is 0 Å². The summed E-state index contributed by atoms with van der Waals surface area (Å²) in [5, 5.41) is 11.1. The van der Waals surface area contributed by atoms with Gasteiger partial charge >= 0.3 is 0 Å². The van der Waals surface area contributed by atoms with E-state index in [0.29, 0.717) is 0 Å². The highest BCUT2D eigenvalue weighted by molar-refractivity contribution is 6.32. The van der Waals surface area contributed by atoms with Crippen LogP contribution < -0.4 is 0 Å². The van der Waals surface area contributed by atoms with Crippen molar-refractivity contribution < 1.29 is 4.92 Å². The third-order valence-electron chi connectivity index (χ3n) is 3.62. The summed E-state index contributed by atoms with van der Waals surface area (Å²) in [5.41, 5.74) is 0.943. The second-order valence-corrected chi connectivity index (χ2v) is 5.57. The fraction of sp³-hybridized carbons (Fsp3) is 0.571. The van der Waals surface area contributed by atoms with Crippen molar-refractivity contribution >= 4 is 17.3 Å². The molecule has 1 aromatic carbocycles. The number of hydrogen-bond donors (Lipinski definition) is 0. The number of nitrogens with zero attached hydrogens (tertiary/aromatic N) is 3. The maximum absolute atomic E-state index is 10.9. The Labute approximate surface area is 124 Å². The molecule has 0 unspecified atom stereocenters. The molecule has 0 N–H and O–H groups in total. The number of nitro groups is 1. The molecule has 0 atom stereocenters. The highest BCUT2D eigenvalue weighted by Crippen LogP contribution is 2.25. The predicted octanol–water partition coefficient (Wildman–Crippen LogP) is 2.78. The highest BCUT2D eigenvalue weighted by atomic mass is 35.5. The number of nitro benzene ring substituents is 1. The summed E-state index contributed by atoms with van der Waals surface area (Å²) in [6.07, 6.45) is 1.18. The molecule has 1 heterocycles. The molecule has 1 aliphatic rings. The van der Waals surface area contributed by atoms with Gasteiger partial charge in [0.2, 0.25) is 0 Å². The molecule has 1 fully saturated rings. The average Bonchev–Trinajstić information content (AvgIpc) is 2.43. The van der Waals surface area contributed by atoms with Crippen LogP contribution in [-0.2, 0) is 6.54 Å². The van der Waals surface area contributed by atoms with Gasteiger partial charge in [-0.05, 0) is 24.6 Å². The first-order valence-electron chi connectivity index (χ1n) is 6.97. The standard InChI is InChI=1S/C14H20ClN3O2/c1-2-5-16-6-8-17(9-7-16)11-12-3-4-13(15)14(10-12)18(19)20/h3-4,10H,2,5-9,11H2,1H3. The van der Waals surface area contributed by atoms with Crippen molar-refractivity contribution in [1.29, 1.82) is 0 Å². The first kappa shape index (κ1) is 15.2. The summed E-state index contributed by atoms with van der Waals surface area (Å²) in [7, 11) is 0. The van der Waals surface area contributed by atoms with E-state index in [1.807, 2.05) is 6.07 Å². The van der Waals surface area contributed by atoms with Gasteiger partial charge in [-0.1, -0.05) is 24.6 Å². The molecule has 0 spiro atoms. The second-order valence-electron chi connectivity index (χ2n) is 5.16. The monoisotopic (exact) mass is 297 g/mol. The summed E-state index contributed by atoms with van der Waals surface area (Å²) in [6.45, 7) is 8.26.